The zero-order valence-corrected chi connectivity index (χ0v) is 16.6. The summed E-state index contributed by atoms with van der Waals surface area (Å²) in [4.78, 5) is 12.3. The fourth-order valence-corrected chi connectivity index (χ4v) is 3.96. The standard InChI is InChI=1S/C19H27N5OS/c1-19(2,3)14-9-11-15(12-10-14)20-17(25)13-26-18-21-22-23-24(18)16-7-5-4-6-8-16/h9-12,16H,4-8,13H2,1-3H3,(H,20,25). The number of nitrogens with one attached hydrogen (secondary N) is 1. The number of hydrogen-bond donors (Lipinski definition) is 1. The number of rotatable bonds is 5. The molecule has 140 valence electrons. The summed E-state index contributed by atoms with van der Waals surface area (Å²) in [6, 6.07) is 8.40. The van der Waals surface area contributed by atoms with Gasteiger partial charge in [0.1, 0.15) is 0 Å². The first kappa shape index (κ1) is 18.9. The highest BCUT2D eigenvalue weighted by Crippen LogP contribution is 2.30. The molecule has 0 saturated heterocycles. The van der Waals surface area contributed by atoms with Crippen LogP contribution in [0.5, 0.6) is 0 Å². The fourth-order valence-electron chi connectivity index (χ4n) is 3.22. The molecule has 6 nitrogen and oxygen atoms in total. The van der Waals surface area contributed by atoms with E-state index in [-0.39, 0.29) is 11.3 Å². The van der Waals surface area contributed by atoms with Crippen molar-refractivity contribution in [1.82, 2.24) is 20.2 Å². The quantitative estimate of drug-likeness (QED) is 0.795. The van der Waals surface area contributed by atoms with Gasteiger partial charge in [-0.05, 0) is 46.4 Å². The molecular weight excluding hydrogens is 346 g/mol. The Balaban J connectivity index is 1.54. The number of hydrogen-bond acceptors (Lipinski definition) is 5. The van der Waals surface area contributed by atoms with Gasteiger partial charge in [0.15, 0.2) is 0 Å². The lowest BCUT2D eigenvalue weighted by atomic mass is 9.87. The summed E-state index contributed by atoms with van der Waals surface area (Å²) in [5.74, 6) is 0.255. The third kappa shape index (κ3) is 4.84. The molecule has 0 spiro atoms. The van der Waals surface area contributed by atoms with Crippen LogP contribution in [-0.2, 0) is 10.2 Å². The zero-order valence-electron chi connectivity index (χ0n) is 15.7. The topological polar surface area (TPSA) is 72.7 Å². The number of thioether (sulfide) groups is 1. The van der Waals surface area contributed by atoms with Crippen molar-refractivity contribution < 1.29 is 4.79 Å². The van der Waals surface area contributed by atoms with Crippen LogP contribution in [0.4, 0.5) is 5.69 Å². The van der Waals surface area contributed by atoms with Crippen LogP contribution in [0.25, 0.3) is 0 Å². The van der Waals surface area contributed by atoms with E-state index in [1.807, 2.05) is 16.8 Å². The van der Waals surface area contributed by atoms with Gasteiger partial charge in [-0.2, -0.15) is 0 Å². The minimum atomic E-state index is -0.0447. The predicted octanol–water partition coefficient (Wildman–Crippen LogP) is 4.21. The molecule has 0 aliphatic heterocycles. The van der Waals surface area contributed by atoms with Gasteiger partial charge in [0.05, 0.1) is 11.8 Å². The van der Waals surface area contributed by atoms with Gasteiger partial charge < -0.3 is 5.32 Å². The molecular formula is C19H27N5OS. The van der Waals surface area contributed by atoms with Crippen LogP contribution in [0, 0.1) is 0 Å². The molecule has 1 fully saturated rings. The zero-order chi connectivity index (χ0) is 18.6. The second-order valence-corrected chi connectivity index (χ2v) is 8.80. The van der Waals surface area contributed by atoms with Crippen LogP contribution < -0.4 is 5.32 Å². The van der Waals surface area contributed by atoms with Gasteiger partial charge in [-0.3, -0.25) is 4.79 Å². The first-order chi connectivity index (χ1) is 12.4. The van der Waals surface area contributed by atoms with E-state index in [9.17, 15) is 4.79 Å². The smallest absolute Gasteiger partial charge is 0.234 e. The average molecular weight is 374 g/mol. The van der Waals surface area contributed by atoms with Gasteiger partial charge in [0.2, 0.25) is 11.1 Å². The van der Waals surface area contributed by atoms with Gasteiger partial charge in [-0.25, -0.2) is 4.68 Å². The summed E-state index contributed by atoms with van der Waals surface area (Å²) in [7, 11) is 0. The second kappa shape index (κ2) is 8.20. The Bertz CT molecular complexity index is 729. The molecule has 7 heteroatoms. The Morgan fingerprint density at radius 1 is 1.19 bits per heavy atom. The molecule has 0 bridgehead atoms. The van der Waals surface area contributed by atoms with Crippen LogP contribution in [0.3, 0.4) is 0 Å². The summed E-state index contributed by atoms with van der Waals surface area (Å²) >= 11 is 1.40. The van der Waals surface area contributed by atoms with Crippen LogP contribution in [0.2, 0.25) is 0 Å². The molecule has 26 heavy (non-hydrogen) atoms. The van der Waals surface area contributed by atoms with Crippen molar-refractivity contribution in [2.24, 2.45) is 0 Å². The van der Waals surface area contributed by atoms with E-state index in [2.05, 4.69) is 53.7 Å². The predicted molar refractivity (Wildman–Crippen MR) is 104 cm³/mol. The van der Waals surface area contributed by atoms with Crippen molar-refractivity contribution in [3.63, 3.8) is 0 Å². The third-order valence-electron chi connectivity index (χ3n) is 4.75. The number of amides is 1. The van der Waals surface area contributed by atoms with Gasteiger partial charge in [0.25, 0.3) is 0 Å². The van der Waals surface area contributed by atoms with Crippen molar-refractivity contribution in [2.75, 3.05) is 11.1 Å². The lowest BCUT2D eigenvalue weighted by molar-refractivity contribution is -0.113. The summed E-state index contributed by atoms with van der Waals surface area (Å²) in [5.41, 5.74) is 2.17. The maximum atomic E-state index is 12.3. The Morgan fingerprint density at radius 3 is 2.54 bits per heavy atom. The number of carbonyl (C=O) groups is 1. The van der Waals surface area contributed by atoms with Crippen LogP contribution in [0.15, 0.2) is 29.4 Å². The molecule has 1 aromatic carbocycles. The summed E-state index contributed by atoms with van der Waals surface area (Å²) in [6.45, 7) is 6.52. The molecule has 0 radical (unpaired) electrons. The van der Waals surface area contributed by atoms with Crippen molar-refractivity contribution in [1.29, 1.82) is 0 Å². The molecule has 1 aliphatic carbocycles. The Labute approximate surface area is 159 Å². The van der Waals surface area contributed by atoms with E-state index in [1.165, 1.54) is 36.6 Å². The molecule has 1 N–H and O–H groups in total. The number of nitrogens with zero attached hydrogens (tertiary/aromatic N) is 4. The summed E-state index contributed by atoms with van der Waals surface area (Å²) < 4.78 is 1.90. The van der Waals surface area contributed by atoms with Crippen molar-refractivity contribution in [3.8, 4) is 0 Å². The number of aromatic nitrogens is 4. The maximum Gasteiger partial charge on any atom is 0.234 e. The molecule has 1 aliphatic rings. The third-order valence-corrected chi connectivity index (χ3v) is 5.68. The Morgan fingerprint density at radius 2 is 1.88 bits per heavy atom. The first-order valence-electron chi connectivity index (χ1n) is 9.24. The largest absolute Gasteiger partial charge is 0.325 e. The fraction of sp³-hybridized carbons (Fsp3) is 0.579. The van der Waals surface area contributed by atoms with E-state index in [0.29, 0.717) is 11.8 Å². The average Bonchev–Trinajstić information content (AvgIpc) is 3.09. The van der Waals surface area contributed by atoms with E-state index in [0.717, 1.165) is 23.7 Å². The summed E-state index contributed by atoms with van der Waals surface area (Å²) in [6.07, 6.45) is 5.96. The molecule has 1 amide bonds. The van der Waals surface area contributed by atoms with Crippen LogP contribution in [0.1, 0.15) is 64.5 Å². The van der Waals surface area contributed by atoms with Crippen LogP contribution >= 0.6 is 11.8 Å². The molecule has 2 aromatic rings. The minimum absolute atomic E-state index is 0.0447. The van der Waals surface area contributed by atoms with Gasteiger partial charge >= 0.3 is 0 Å². The van der Waals surface area contributed by atoms with Crippen LogP contribution in [-0.4, -0.2) is 31.9 Å². The number of tetrazole rings is 1. The molecule has 3 rings (SSSR count). The Kier molecular flexibility index (Phi) is 5.96. The first-order valence-corrected chi connectivity index (χ1v) is 10.2. The van der Waals surface area contributed by atoms with E-state index in [4.69, 9.17) is 0 Å². The van der Waals surface area contributed by atoms with E-state index in [1.54, 1.807) is 0 Å². The maximum absolute atomic E-state index is 12.3. The van der Waals surface area contributed by atoms with E-state index >= 15 is 0 Å². The van der Waals surface area contributed by atoms with Crippen molar-refractivity contribution in [2.45, 2.75) is 69.5 Å². The second-order valence-electron chi connectivity index (χ2n) is 7.86. The molecule has 1 heterocycles. The molecule has 1 aromatic heterocycles. The number of carbonyl (C=O) groups excluding carboxylic acids is 1. The van der Waals surface area contributed by atoms with Gasteiger partial charge in [-0.15, -0.1) is 5.10 Å². The highest BCUT2D eigenvalue weighted by atomic mass is 32.2. The lowest BCUT2D eigenvalue weighted by Crippen LogP contribution is -2.17. The SMILES string of the molecule is CC(C)(C)c1ccc(NC(=O)CSc2nnnn2C2CCCCC2)cc1. The normalized spacial score (nSPS) is 15.8. The molecule has 0 atom stereocenters. The van der Waals surface area contributed by atoms with Gasteiger partial charge in [0, 0.05) is 5.69 Å². The van der Waals surface area contributed by atoms with Gasteiger partial charge in [-0.1, -0.05) is 63.9 Å². The van der Waals surface area contributed by atoms with E-state index < -0.39 is 0 Å². The molecule has 0 unspecified atom stereocenters. The monoisotopic (exact) mass is 373 g/mol. The minimum Gasteiger partial charge on any atom is -0.325 e. The van der Waals surface area contributed by atoms with Crippen molar-refractivity contribution in [3.05, 3.63) is 29.8 Å². The Hall–Kier alpha value is -1.89. The molecule has 1 saturated carbocycles. The number of benzene rings is 1. The lowest BCUT2D eigenvalue weighted by Gasteiger charge is -2.21. The van der Waals surface area contributed by atoms with Crippen molar-refractivity contribution >= 4 is 23.4 Å². The summed E-state index contributed by atoms with van der Waals surface area (Å²) in [5, 5.41) is 15.7. The highest BCUT2D eigenvalue weighted by molar-refractivity contribution is 7.99. The number of anilines is 1. The highest BCUT2D eigenvalue weighted by Gasteiger charge is 2.21.